The summed E-state index contributed by atoms with van der Waals surface area (Å²) >= 11 is 1.59. The van der Waals surface area contributed by atoms with Crippen molar-refractivity contribution in [2.75, 3.05) is 11.9 Å². The molecule has 1 saturated heterocycles. The summed E-state index contributed by atoms with van der Waals surface area (Å²) in [5.41, 5.74) is 0.817. The van der Waals surface area contributed by atoms with Gasteiger partial charge in [0.25, 0.3) is 5.91 Å². The van der Waals surface area contributed by atoms with Crippen LogP contribution in [0.15, 0.2) is 35.7 Å². The fraction of sp³-hybridized carbons (Fsp3) is 0.417. The molecular formula is C24H27N3O4S. The van der Waals surface area contributed by atoms with Crippen LogP contribution in [0.1, 0.15) is 66.2 Å². The lowest BCUT2D eigenvalue weighted by Crippen LogP contribution is -2.46. The molecule has 1 fully saturated rings. The number of ketones is 1. The second kappa shape index (κ2) is 9.24. The van der Waals surface area contributed by atoms with E-state index in [0.29, 0.717) is 24.1 Å². The number of rotatable bonds is 8. The van der Waals surface area contributed by atoms with Crippen LogP contribution in [0.25, 0.3) is 0 Å². The maximum absolute atomic E-state index is 13.3. The lowest BCUT2D eigenvalue weighted by Gasteiger charge is -2.31. The molecule has 4 rings (SSSR count). The van der Waals surface area contributed by atoms with Gasteiger partial charge in [0.1, 0.15) is 5.54 Å². The minimum Gasteiger partial charge on any atom is -0.326 e. The average Bonchev–Trinajstić information content (AvgIpc) is 3.35. The fourth-order valence-corrected chi connectivity index (χ4v) is 5.42. The van der Waals surface area contributed by atoms with Gasteiger partial charge in [0, 0.05) is 28.1 Å². The largest absolute Gasteiger partial charge is 0.326 e. The van der Waals surface area contributed by atoms with Gasteiger partial charge in [-0.05, 0) is 61.4 Å². The summed E-state index contributed by atoms with van der Waals surface area (Å²) in [6.07, 6.45) is 5.63. The summed E-state index contributed by atoms with van der Waals surface area (Å²) in [6, 6.07) is 7.91. The van der Waals surface area contributed by atoms with Gasteiger partial charge in [-0.3, -0.25) is 19.3 Å². The minimum absolute atomic E-state index is 0.0533. The van der Waals surface area contributed by atoms with Crippen LogP contribution in [0.5, 0.6) is 0 Å². The van der Waals surface area contributed by atoms with E-state index < -0.39 is 11.6 Å². The number of nitrogens with zero attached hydrogens (tertiary/aromatic N) is 1. The van der Waals surface area contributed by atoms with Crippen LogP contribution in [-0.2, 0) is 21.5 Å². The number of thiophene rings is 1. The fourth-order valence-electron chi connectivity index (χ4n) is 4.42. The number of aryl methyl sites for hydroxylation is 1. The monoisotopic (exact) mass is 453 g/mol. The number of amides is 4. The molecule has 1 aromatic carbocycles. The highest BCUT2D eigenvalue weighted by molar-refractivity contribution is 7.10. The summed E-state index contributed by atoms with van der Waals surface area (Å²) in [4.78, 5) is 52.8. The van der Waals surface area contributed by atoms with Crippen LogP contribution in [0.2, 0.25) is 0 Å². The number of benzene rings is 1. The Hall–Kier alpha value is -3.00. The number of Topliss-reactive ketones (excluding diaryl/α,β-unsaturated/α-hetero) is 1. The second-order valence-electron chi connectivity index (χ2n) is 8.34. The molecule has 168 valence electrons. The molecule has 2 aromatic rings. The van der Waals surface area contributed by atoms with Crippen molar-refractivity contribution in [3.8, 4) is 0 Å². The molecule has 1 spiro atoms. The van der Waals surface area contributed by atoms with Gasteiger partial charge in [-0.1, -0.05) is 19.8 Å². The van der Waals surface area contributed by atoms with Crippen molar-refractivity contribution in [1.29, 1.82) is 0 Å². The van der Waals surface area contributed by atoms with Crippen LogP contribution < -0.4 is 10.6 Å². The number of hydrogen-bond acceptors (Lipinski definition) is 5. The molecule has 0 unspecified atom stereocenters. The highest BCUT2D eigenvalue weighted by atomic mass is 32.1. The minimum atomic E-state index is -1.04. The average molecular weight is 454 g/mol. The SMILES string of the molecule is CCCCCC(=O)Nc1ccc(C(=O)CN2C(=O)N[C@@]3(CCCc4sccc43)C2=O)cc1. The van der Waals surface area contributed by atoms with Gasteiger partial charge in [-0.25, -0.2) is 4.79 Å². The zero-order valence-corrected chi connectivity index (χ0v) is 18.9. The number of carbonyl (C=O) groups is 4. The van der Waals surface area contributed by atoms with E-state index in [0.717, 1.165) is 47.4 Å². The van der Waals surface area contributed by atoms with E-state index in [2.05, 4.69) is 17.6 Å². The number of fused-ring (bicyclic) bond motifs is 2. The standard InChI is InChI=1S/C24H27N3O4S/c1-2-3-4-7-21(29)25-17-10-8-16(9-11-17)19(28)15-27-22(30)24(26-23(27)31)13-5-6-20-18(24)12-14-32-20/h8-12,14H,2-7,13,15H2,1H3,(H,25,29)(H,26,31)/t24-/m1/s1. The molecule has 0 saturated carbocycles. The third kappa shape index (κ3) is 4.19. The van der Waals surface area contributed by atoms with Gasteiger partial charge >= 0.3 is 6.03 Å². The zero-order chi connectivity index (χ0) is 22.7. The van der Waals surface area contributed by atoms with E-state index in [-0.39, 0.29) is 24.1 Å². The number of unbranched alkanes of at least 4 members (excludes halogenated alkanes) is 2. The molecule has 32 heavy (non-hydrogen) atoms. The summed E-state index contributed by atoms with van der Waals surface area (Å²) < 4.78 is 0. The van der Waals surface area contributed by atoms with Gasteiger partial charge in [0.15, 0.2) is 5.78 Å². The molecule has 0 radical (unpaired) electrons. The Morgan fingerprint density at radius 3 is 2.69 bits per heavy atom. The molecular weight excluding hydrogens is 426 g/mol. The lowest BCUT2D eigenvalue weighted by atomic mass is 9.80. The molecule has 7 nitrogen and oxygen atoms in total. The Balaban J connectivity index is 1.41. The number of nitrogens with one attached hydrogen (secondary N) is 2. The molecule has 2 N–H and O–H groups in total. The van der Waals surface area contributed by atoms with Gasteiger partial charge in [-0.15, -0.1) is 11.3 Å². The molecule has 1 aliphatic carbocycles. The van der Waals surface area contributed by atoms with E-state index in [1.807, 2.05) is 11.4 Å². The third-order valence-corrected chi connectivity index (χ3v) is 7.12. The first-order valence-electron chi connectivity index (χ1n) is 11.1. The Kier molecular flexibility index (Phi) is 6.41. The topological polar surface area (TPSA) is 95.6 Å². The van der Waals surface area contributed by atoms with E-state index in [1.54, 1.807) is 35.6 Å². The van der Waals surface area contributed by atoms with Gasteiger partial charge < -0.3 is 10.6 Å². The first-order chi connectivity index (χ1) is 15.4. The van der Waals surface area contributed by atoms with Gasteiger partial charge in [0.05, 0.1) is 6.54 Å². The Morgan fingerprint density at radius 1 is 1.16 bits per heavy atom. The van der Waals surface area contributed by atoms with Crippen molar-refractivity contribution in [3.63, 3.8) is 0 Å². The second-order valence-corrected chi connectivity index (χ2v) is 9.34. The maximum atomic E-state index is 13.3. The Labute approximate surface area is 191 Å². The number of urea groups is 1. The van der Waals surface area contributed by atoms with Crippen molar-refractivity contribution in [1.82, 2.24) is 10.2 Å². The number of hydrogen-bond donors (Lipinski definition) is 2. The smallest absolute Gasteiger partial charge is 0.325 e. The van der Waals surface area contributed by atoms with Crippen LogP contribution in [0, 0.1) is 0 Å². The summed E-state index contributed by atoms with van der Waals surface area (Å²) in [6.45, 7) is 1.77. The third-order valence-electron chi connectivity index (χ3n) is 6.14. The highest BCUT2D eigenvalue weighted by Crippen LogP contribution is 2.42. The Morgan fingerprint density at radius 2 is 1.94 bits per heavy atom. The van der Waals surface area contributed by atoms with Crippen LogP contribution in [0.3, 0.4) is 0 Å². The van der Waals surface area contributed by atoms with Gasteiger partial charge in [0.2, 0.25) is 5.91 Å². The molecule has 8 heteroatoms. The van der Waals surface area contributed by atoms with Crippen molar-refractivity contribution in [2.24, 2.45) is 0 Å². The van der Waals surface area contributed by atoms with E-state index in [4.69, 9.17) is 0 Å². The zero-order valence-electron chi connectivity index (χ0n) is 18.1. The molecule has 1 atom stereocenters. The number of carbonyl (C=O) groups excluding carboxylic acids is 4. The van der Waals surface area contributed by atoms with Crippen LogP contribution in [-0.4, -0.2) is 35.1 Å². The summed E-state index contributed by atoms with van der Waals surface area (Å²) in [5.74, 6) is -0.735. The van der Waals surface area contributed by atoms with E-state index >= 15 is 0 Å². The lowest BCUT2D eigenvalue weighted by molar-refractivity contribution is -0.131. The quantitative estimate of drug-likeness (QED) is 0.355. The first kappa shape index (κ1) is 22.2. The molecule has 0 bridgehead atoms. The number of anilines is 1. The van der Waals surface area contributed by atoms with Crippen molar-refractivity contribution in [2.45, 2.75) is 57.4 Å². The van der Waals surface area contributed by atoms with Crippen LogP contribution >= 0.6 is 11.3 Å². The summed E-state index contributed by atoms with van der Waals surface area (Å²) in [7, 11) is 0. The number of imide groups is 1. The van der Waals surface area contributed by atoms with Crippen molar-refractivity contribution >= 4 is 40.7 Å². The molecule has 2 aliphatic rings. The Bertz CT molecular complexity index is 1050. The van der Waals surface area contributed by atoms with E-state index in [9.17, 15) is 19.2 Å². The van der Waals surface area contributed by atoms with Crippen molar-refractivity contribution in [3.05, 3.63) is 51.7 Å². The highest BCUT2D eigenvalue weighted by Gasteiger charge is 2.54. The van der Waals surface area contributed by atoms with Crippen molar-refractivity contribution < 1.29 is 19.2 Å². The predicted octanol–water partition coefficient (Wildman–Crippen LogP) is 4.23. The van der Waals surface area contributed by atoms with Gasteiger partial charge in [-0.2, -0.15) is 0 Å². The first-order valence-corrected chi connectivity index (χ1v) is 12.0. The molecule has 1 aromatic heterocycles. The normalized spacial score (nSPS) is 19.7. The molecule has 4 amide bonds. The molecule has 1 aliphatic heterocycles. The predicted molar refractivity (Wildman–Crippen MR) is 123 cm³/mol. The maximum Gasteiger partial charge on any atom is 0.325 e. The van der Waals surface area contributed by atoms with E-state index in [1.165, 1.54) is 0 Å². The molecule has 2 heterocycles. The summed E-state index contributed by atoms with van der Waals surface area (Å²) in [5, 5.41) is 7.63. The van der Waals surface area contributed by atoms with Crippen LogP contribution in [0.4, 0.5) is 10.5 Å².